The number of nitrogens with zero attached hydrogens (tertiary/aromatic N) is 1. The van der Waals surface area contributed by atoms with Crippen molar-refractivity contribution in [2.75, 3.05) is 19.0 Å². The Kier molecular flexibility index (Phi) is 6.16. The van der Waals surface area contributed by atoms with Crippen LogP contribution in [0.1, 0.15) is 46.4 Å². The van der Waals surface area contributed by atoms with E-state index >= 15 is 0 Å². The van der Waals surface area contributed by atoms with E-state index in [2.05, 4.69) is 10.1 Å². The molecule has 3 aromatic carbocycles. The van der Waals surface area contributed by atoms with Gasteiger partial charge in [0.25, 0.3) is 11.8 Å². The largest absolute Gasteiger partial charge is 0.469 e. The predicted molar refractivity (Wildman–Crippen MR) is 119 cm³/mol. The number of rotatable bonds is 8. The summed E-state index contributed by atoms with van der Waals surface area (Å²) in [6, 6.07) is 14.9. The number of benzene rings is 3. The minimum Gasteiger partial charge on any atom is -0.469 e. The summed E-state index contributed by atoms with van der Waals surface area (Å²) in [6.45, 7) is 0.290. The van der Waals surface area contributed by atoms with E-state index < -0.39 is 0 Å². The van der Waals surface area contributed by atoms with Gasteiger partial charge in [0, 0.05) is 46.2 Å². The van der Waals surface area contributed by atoms with Crippen molar-refractivity contribution >= 4 is 39.9 Å². The van der Waals surface area contributed by atoms with Crippen LogP contribution in [-0.2, 0) is 9.53 Å². The SMILES string of the molecule is COC(=O)CCCCCN1C(=O)c2cccc3c(Nc4cccc(F)c4)ccc(c23)C1=O. The molecule has 0 aliphatic carbocycles. The first-order valence-electron chi connectivity index (χ1n) is 10.5. The molecule has 4 rings (SSSR count). The number of anilines is 2. The fraction of sp³-hybridized carbons (Fsp3) is 0.240. The van der Waals surface area contributed by atoms with Gasteiger partial charge in [0.1, 0.15) is 5.82 Å². The number of ether oxygens (including phenoxy) is 1. The fourth-order valence-electron chi connectivity index (χ4n) is 4.00. The highest BCUT2D eigenvalue weighted by Gasteiger charge is 2.32. The highest BCUT2D eigenvalue weighted by molar-refractivity contribution is 6.26. The second kappa shape index (κ2) is 9.18. The van der Waals surface area contributed by atoms with Gasteiger partial charge < -0.3 is 10.1 Å². The summed E-state index contributed by atoms with van der Waals surface area (Å²) in [6.07, 6.45) is 2.28. The lowest BCUT2D eigenvalue weighted by Crippen LogP contribution is -2.40. The van der Waals surface area contributed by atoms with Gasteiger partial charge in [-0.15, -0.1) is 0 Å². The summed E-state index contributed by atoms with van der Waals surface area (Å²) in [5.41, 5.74) is 2.20. The van der Waals surface area contributed by atoms with Crippen LogP contribution in [0.3, 0.4) is 0 Å². The van der Waals surface area contributed by atoms with Crippen LogP contribution >= 0.6 is 0 Å². The minimum atomic E-state index is -0.356. The Morgan fingerprint density at radius 3 is 2.47 bits per heavy atom. The van der Waals surface area contributed by atoms with Gasteiger partial charge in [-0.1, -0.05) is 24.6 Å². The molecule has 0 saturated heterocycles. The molecule has 6 nitrogen and oxygen atoms in total. The summed E-state index contributed by atoms with van der Waals surface area (Å²) in [4.78, 5) is 38.7. The molecular formula is C25H23FN2O4. The molecule has 2 amide bonds. The number of hydrogen-bond donors (Lipinski definition) is 1. The normalized spacial score (nSPS) is 12.9. The van der Waals surface area contributed by atoms with Crippen molar-refractivity contribution in [3.8, 4) is 0 Å². The Balaban J connectivity index is 1.57. The van der Waals surface area contributed by atoms with Crippen LogP contribution in [0, 0.1) is 5.82 Å². The summed E-state index contributed by atoms with van der Waals surface area (Å²) >= 11 is 0. The zero-order chi connectivity index (χ0) is 22.7. The summed E-state index contributed by atoms with van der Waals surface area (Å²) < 4.78 is 18.2. The van der Waals surface area contributed by atoms with Gasteiger partial charge in [0.05, 0.1) is 7.11 Å². The standard InChI is InChI=1S/C25H23FN2O4/c1-32-22(29)11-3-2-4-14-28-24(30)19-10-6-9-18-21(13-12-20(23(18)19)25(28)31)27-17-8-5-7-16(26)15-17/h5-10,12-13,15,27H,2-4,11,14H2,1H3. The summed E-state index contributed by atoms with van der Waals surface area (Å²) in [7, 11) is 1.35. The third-order valence-corrected chi connectivity index (χ3v) is 5.59. The highest BCUT2D eigenvalue weighted by Crippen LogP contribution is 2.35. The zero-order valence-corrected chi connectivity index (χ0v) is 17.7. The van der Waals surface area contributed by atoms with E-state index in [1.807, 2.05) is 6.07 Å². The number of esters is 1. The average Bonchev–Trinajstić information content (AvgIpc) is 2.79. The molecule has 32 heavy (non-hydrogen) atoms. The predicted octanol–water partition coefficient (Wildman–Crippen LogP) is 5.05. The van der Waals surface area contributed by atoms with Crippen LogP contribution in [0.5, 0.6) is 0 Å². The molecule has 1 N–H and O–H groups in total. The van der Waals surface area contributed by atoms with E-state index in [9.17, 15) is 18.8 Å². The third kappa shape index (κ3) is 4.19. The lowest BCUT2D eigenvalue weighted by atomic mass is 9.92. The van der Waals surface area contributed by atoms with Crippen molar-refractivity contribution in [1.29, 1.82) is 0 Å². The third-order valence-electron chi connectivity index (χ3n) is 5.59. The van der Waals surface area contributed by atoms with Crippen LogP contribution in [0.15, 0.2) is 54.6 Å². The molecule has 1 heterocycles. The van der Waals surface area contributed by atoms with E-state index in [0.717, 1.165) is 5.39 Å². The van der Waals surface area contributed by atoms with Crippen molar-refractivity contribution in [2.24, 2.45) is 0 Å². The van der Waals surface area contributed by atoms with Crippen LogP contribution < -0.4 is 5.32 Å². The molecular weight excluding hydrogens is 411 g/mol. The first-order chi connectivity index (χ1) is 15.5. The molecule has 0 spiro atoms. The maximum absolute atomic E-state index is 13.6. The van der Waals surface area contributed by atoms with Gasteiger partial charge in [0.15, 0.2) is 0 Å². The number of methoxy groups -OCH3 is 1. The van der Waals surface area contributed by atoms with Gasteiger partial charge >= 0.3 is 5.97 Å². The molecule has 0 saturated carbocycles. The van der Waals surface area contributed by atoms with Gasteiger partial charge in [-0.25, -0.2) is 4.39 Å². The number of unbranched alkanes of at least 4 members (excludes halogenated alkanes) is 2. The number of carbonyl (C=O) groups is 3. The Hall–Kier alpha value is -3.74. The molecule has 0 radical (unpaired) electrons. The first-order valence-corrected chi connectivity index (χ1v) is 10.5. The van der Waals surface area contributed by atoms with E-state index in [1.165, 1.54) is 24.1 Å². The quantitative estimate of drug-likeness (QED) is 0.305. The number of imide groups is 1. The molecule has 0 bridgehead atoms. The van der Waals surface area contributed by atoms with Gasteiger partial charge in [-0.2, -0.15) is 0 Å². The molecule has 0 fully saturated rings. The zero-order valence-electron chi connectivity index (χ0n) is 17.7. The van der Waals surface area contributed by atoms with E-state index in [-0.39, 0.29) is 30.1 Å². The van der Waals surface area contributed by atoms with Crippen molar-refractivity contribution in [3.05, 3.63) is 71.5 Å². The van der Waals surface area contributed by atoms with Crippen LogP contribution in [0.2, 0.25) is 0 Å². The van der Waals surface area contributed by atoms with Crippen molar-refractivity contribution in [1.82, 2.24) is 4.90 Å². The van der Waals surface area contributed by atoms with Gasteiger partial charge in [-0.05, 0) is 49.2 Å². The second-order valence-corrected chi connectivity index (χ2v) is 7.67. The molecule has 1 aliphatic heterocycles. The lowest BCUT2D eigenvalue weighted by molar-refractivity contribution is -0.140. The van der Waals surface area contributed by atoms with Crippen molar-refractivity contribution < 1.29 is 23.5 Å². The summed E-state index contributed by atoms with van der Waals surface area (Å²) in [5.74, 6) is -1.28. The minimum absolute atomic E-state index is 0.265. The second-order valence-electron chi connectivity index (χ2n) is 7.67. The molecule has 7 heteroatoms. The maximum atomic E-state index is 13.6. The molecule has 164 valence electrons. The fourth-order valence-corrected chi connectivity index (χ4v) is 4.00. The Labute approximate surface area is 185 Å². The number of nitrogens with one attached hydrogen (secondary N) is 1. The van der Waals surface area contributed by atoms with Crippen LogP contribution in [-0.4, -0.2) is 36.3 Å². The molecule has 0 unspecified atom stereocenters. The van der Waals surface area contributed by atoms with Gasteiger partial charge in [0.2, 0.25) is 0 Å². The van der Waals surface area contributed by atoms with Gasteiger partial charge in [-0.3, -0.25) is 19.3 Å². The first kappa shape index (κ1) is 21.5. The number of halogens is 1. The van der Waals surface area contributed by atoms with E-state index in [4.69, 9.17) is 0 Å². The monoisotopic (exact) mass is 434 g/mol. The number of amides is 2. The molecule has 1 aliphatic rings. The average molecular weight is 434 g/mol. The maximum Gasteiger partial charge on any atom is 0.305 e. The number of carbonyl (C=O) groups excluding carboxylic acids is 3. The Morgan fingerprint density at radius 1 is 0.969 bits per heavy atom. The number of hydrogen-bond acceptors (Lipinski definition) is 5. The molecule has 0 atom stereocenters. The van der Waals surface area contributed by atoms with E-state index in [0.29, 0.717) is 53.6 Å². The Bertz CT molecular complexity index is 1190. The van der Waals surface area contributed by atoms with Crippen LogP contribution in [0.25, 0.3) is 10.8 Å². The smallest absolute Gasteiger partial charge is 0.305 e. The van der Waals surface area contributed by atoms with Crippen molar-refractivity contribution in [3.63, 3.8) is 0 Å². The highest BCUT2D eigenvalue weighted by atomic mass is 19.1. The molecule has 3 aromatic rings. The van der Waals surface area contributed by atoms with Crippen molar-refractivity contribution in [2.45, 2.75) is 25.7 Å². The van der Waals surface area contributed by atoms with Crippen LogP contribution in [0.4, 0.5) is 15.8 Å². The van der Waals surface area contributed by atoms with E-state index in [1.54, 1.807) is 36.4 Å². The summed E-state index contributed by atoms with van der Waals surface area (Å²) in [5, 5.41) is 4.51. The topological polar surface area (TPSA) is 75.7 Å². The molecule has 0 aromatic heterocycles. The Morgan fingerprint density at radius 2 is 1.72 bits per heavy atom. The lowest BCUT2D eigenvalue weighted by Gasteiger charge is -2.28.